The van der Waals surface area contributed by atoms with E-state index >= 15 is 0 Å². The summed E-state index contributed by atoms with van der Waals surface area (Å²) in [7, 11) is 0. The van der Waals surface area contributed by atoms with E-state index in [0.717, 1.165) is 0 Å². The van der Waals surface area contributed by atoms with Gasteiger partial charge in [0.05, 0.1) is 6.61 Å². The van der Waals surface area contributed by atoms with Crippen molar-refractivity contribution < 1.29 is 24.8 Å². The van der Waals surface area contributed by atoms with E-state index in [2.05, 4.69) is 0 Å². The van der Waals surface area contributed by atoms with Crippen LogP contribution in [0.15, 0.2) is 16.5 Å². The molecule has 13 heavy (non-hydrogen) atoms. The molecular formula is C8H12O5. The van der Waals surface area contributed by atoms with Crippen LogP contribution in [0, 0.1) is 0 Å². The van der Waals surface area contributed by atoms with E-state index in [9.17, 15) is 5.11 Å². The minimum atomic E-state index is -1.27. The molecule has 2 unspecified atom stereocenters. The number of hydrogen-bond donors (Lipinski definition) is 4. The van der Waals surface area contributed by atoms with Crippen LogP contribution >= 0.6 is 0 Å². The van der Waals surface area contributed by atoms with Crippen LogP contribution in [-0.4, -0.2) is 33.1 Å². The van der Waals surface area contributed by atoms with E-state index in [1.54, 1.807) is 0 Å². The number of hydrogen-bond acceptors (Lipinski definition) is 5. The molecule has 1 aromatic heterocycles. The van der Waals surface area contributed by atoms with Crippen LogP contribution in [0.25, 0.3) is 0 Å². The monoisotopic (exact) mass is 188 g/mol. The Hall–Kier alpha value is -0.880. The standard InChI is InChI=1S/C8H12O5/c9-3-5-1-2-7(13-5)8(12)6(11)4-10/h1-2,6,8-12H,3-4H2. The van der Waals surface area contributed by atoms with E-state index in [1.165, 1.54) is 12.1 Å². The molecule has 0 bridgehead atoms. The van der Waals surface area contributed by atoms with Gasteiger partial charge in [0.15, 0.2) is 0 Å². The quantitative estimate of drug-likeness (QED) is 0.494. The van der Waals surface area contributed by atoms with Crippen LogP contribution in [-0.2, 0) is 6.61 Å². The minimum Gasteiger partial charge on any atom is -0.461 e. The predicted molar refractivity (Wildman–Crippen MR) is 42.7 cm³/mol. The summed E-state index contributed by atoms with van der Waals surface area (Å²) < 4.78 is 4.95. The molecule has 0 saturated heterocycles. The zero-order chi connectivity index (χ0) is 9.84. The molecule has 0 aliphatic heterocycles. The number of rotatable bonds is 4. The van der Waals surface area contributed by atoms with Gasteiger partial charge in [-0.1, -0.05) is 0 Å². The van der Waals surface area contributed by atoms with Crippen molar-refractivity contribution in [3.8, 4) is 0 Å². The second-order valence-corrected chi connectivity index (χ2v) is 2.66. The molecule has 5 heteroatoms. The van der Waals surface area contributed by atoms with Crippen molar-refractivity contribution >= 4 is 0 Å². The molecule has 0 saturated carbocycles. The van der Waals surface area contributed by atoms with Crippen LogP contribution in [0.4, 0.5) is 0 Å². The van der Waals surface area contributed by atoms with Crippen molar-refractivity contribution in [1.82, 2.24) is 0 Å². The third-order valence-corrected chi connectivity index (χ3v) is 1.68. The molecule has 1 aromatic rings. The van der Waals surface area contributed by atoms with E-state index in [4.69, 9.17) is 19.7 Å². The number of aliphatic hydroxyl groups is 4. The molecule has 74 valence electrons. The molecule has 0 spiro atoms. The highest BCUT2D eigenvalue weighted by molar-refractivity contribution is 5.09. The summed E-state index contributed by atoms with van der Waals surface area (Å²) in [6, 6.07) is 2.93. The second-order valence-electron chi connectivity index (χ2n) is 2.66. The van der Waals surface area contributed by atoms with E-state index in [-0.39, 0.29) is 12.4 Å². The summed E-state index contributed by atoms with van der Waals surface area (Å²) in [4.78, 5) is 0. The van der Waals surface area contributed by atoms with Crippen LogP contribution in [0.5, 0.6) is 0 Å². The van der Waals surface area contributed by atoms with Crippen molar-refractivity contribution in [3.05, 3.63) is 23.7 Å². The Labute approximate surface area is 74.9 Å². The first-order valence-electron chi connectivity index (χ1n) is 3.85. The lowest BCUT2D eigenvalue weighted by Crippen LogP contribution is -2.21. The zero-order valence-electron chi connectivity index (χ0n) is 6.92. The summed E-state index contributed by atoms with van der Waals surface area (Å²) in [5, 5.41) is 35.5. The largest absolute Gasteiger partial charge is 0.461 e. The van der Waals surface area contributed by atoms with Crippen molar-refractivity contribution in [1.29, 1.82) is 0 Å². The highest BCUT2D eigenvalue weighted by Crippen LogP contribution is 2.19. The average molecular weight is 188 g/mol. The molecule has 5 nitrogen and oxygen atoms in total. The minimum absolute atomic E-state index is 0.130. The fraction of sp³-hybridized carbons (Fsp3) is 0.500. The molecule has 0 aliphatic rings. The summed E-state index contributed by atoms with van der Waals surface area (Å²) in [6.45, 7) is -0.807. The lowest BCUT2D eigenvalue weighted by molar-refractivity contribution is -0.0260. The molecule has 0 fully saturated rings. The van der Waals surface area contributed by atoms with Gasteiger partial charge < -0.3 is 24.8 Å². The first-order chi connectivity index (χ1) is 6.19. The van der Waals surface area contributed by atoms with Crippen LogP contribution in [0.2, 0.25) is 0 Å². The molecule has 1 heterocycles. The molecule has 4 N–H and O–H groups in total. The van der Waals surface area contributed by atoms with Crippen molar-refractivity contribution in [2.24, 2.45) is 0 Å². The fourth-order valence-electron chi connectivity index (χ4n) is 0.928. The normalized spacial score (nSPS) is 15.7. The maximum Gasteiger partial charge on any atom is 0.140 e. The molecule has 0 aliphatic carbocycles. The molecule has 0 amide bonds. The maximum absolute atomic E-state index is 9.31. The first-order valence-corrected chi connectivity index (χ1v) is 3.85. The highest BCUT2D eigenvalue weighted by Gasteiger charge is 2.20. The summed E-state index contributed by atoms with van der Waals surface area (Å²) in [6.07, 6.45) is -2.53. The molecule has 1 rings (SSSR count). The van der Waals surface area contributed by atoms with Crippen molar-refractivity contribution in [2.45, 2.75) is 18.8 Å². The van der Waals surface area contributed by atoms with E-state index in [0.29, 0.717) is 5.76 Å². The summed E-state index contributed by atoms with van der Waals surface area (Å²) >= 11 is 0. The van der Waals surface area contributed by atoms with Gasteiger partial charge in [-0.05, 0) is 12.1 Å². The van der Waals surface area contributed by atoms with Gasteiger partial charge in [-0.15, -0.1) is 0 Å². The molecular weight excluding hydrogens is 176 g/mol. The molecule has 0 aromatic carbocycles. The van der Waals surface area contributed by atoms with Gasteiger partial charge in [0.25, 0.3) is 0 Å². The Morgan fingerprint density at radius 1 is 1.23 bits per heavy atom. The van der Waals surface area contributed by atoms with Crippen LogP contribution in [0.3, 0.4) is 0 Å². The van der Waals surface area contributed by atoms with Gasteiger partial charge in [-0.3, -0.25) is 0 Å². The maximum atomic E-state index is 9.31. The average Bonchev–Trinajstić information content (AvgIpc) is 2.63. The van der Waals surface area contributed by atoms with Gasteiger partial charge in [0.1, 0.15) is 30.3 Å². The Balaban J connectivity index is 2.70. The molecule has 2 atom stereocenters. The third kappa shape index (κ3) is 2.28. The zero-order valence-corrected chi connectivity index (χ0v) is 6.92. The Kier molecular flexibility index (Phi) is 3.44. The van der Waals surface area contributed by atoms with Crippen molar-refractivity contribution in [2.75, 3.05) is 6.61 Å². The number of furan rings is 1. The molecule has 0 radical (unpaired) electrons. The van der Waals surface area contributed by atoms with Crippen molar-refractivity contribution in [3.63, 3.8) is 0 Å². The SMILES string of the molecule is OCc1ccc(C(O)C(O)CO)o1. The second kappa shape index (κ2) is 4.38. The lowest BCUT2D eigenvalue weighted by Gasteiger charge is -2.12. The topological polar surface area (TPSA) is 94.1 Å². The van der Waals surface area contributed by atoms with Crippen LogP contribution in [0.1, 0.15) is 17.6 Å². The van der Waals surface area contributed by atoms with Crippen LogP contribution < -0.4 is 0 Å². The Bertz CT molecular complexity index is 257. The first kappa shape index (κ1) is 10.2. The summed E-state index contributed by atoms with van der Waals surface area (Å²) in [5.41, 5.74) is 0. The smallest absolute Gasteiger partial charge is 0.140 e. The Morgan fingerprint density at radius 2 is 1.92 bits per heavy atom. The predicted octanol–water partition coefficient (Wildman–Crippen LogP) is -0.842. The van der Waals surface area contributed by atoms with Gasteiger partial charge in [-0.25, -0.2) is 0 Å². The summed E-state index contributed by atoms with van der Waals surface area (Å²) in [5.74, 6) is 0.435. The van der Waals surface area contributed by atoms with E-state index in [1.807, 2.05) is 0 Å². The van der Waals surface area contributed by atoms with Gasteiger partial charge in [-0.2, -0.15) is 0 Å². The Morgan fingerprint density at radius 3 is 2.38 bits per heavy atom. The van der Waals surface area contributed by atoms with Gasteiger partial charge in [0.2, 0.25) is 0 Å². The highest BCUT2D eigenvalue weighted by atomic mass is 16.4. The van der Waals surface area contributed by atoms with Gasteiger partial charge >= 0.3 is 0 Å². The fourth-order valence-corrected chi connectivity index (χ4v) is 0.928. The number of aliphatic hydroxyl groups excluding tert-OH is 4. The lowest BCUT2D eigenvalue weighted by atomic mass is 10.2. The third-order valence-electron chi connectivity index (χ3n) is 1.68. The van der Waals surface area contributed by atoms with E-state index < -0.39 is 18.8 Å². The van der Waals surface area contributed by atoms with Gasteiger partial charge in [0, 0.05) is 0 Å².